The fraction of sp³-hybridized carbons (Fsp3) is 0.588. The van der Waals surface area contributed by atoms with E-state index in [0.717, 1.165) is 41.6 Å². The fourth-order valence-corrected chi connectivity index (χ4v) is 4.79. The number of hydrogen-bond acceptors (Lipinski definition) is 5. The molecule has 22 heavy (non-hydrogen) atoms. The van der Waals surface area contributed by atoms with Gasteiger partial charge in [0.15, 0.2) is 0 Å². The van der Waals surface area contributed by atoms with Gasteiger partial charge in [0.05, 0.1) is 16.7 Å². The molecule has 0 spiro atoms. The lowest BCUT2D eigenvalue weighted by atomic mass is 9.99. The van der Waals surface area contributed by atoms with Crippen molar-refractivity contribution >= 4 is 11.3 Å². The topological polar surface area (TPSA) is 49.5 Å². The number of hydrogen-bond donors (Lipinski definition) is 1. The third kappa shape index (κ3) is 2.41. The quantitative estimate of drug-likeness (QED) is 0.941. The summed E-state index contributed by atoms with van der Waals surface area (Å²) < 4.78 is 5.92. The second-order valence-corrected chi connectivity index (χ2v) is 7.55. The van der Waals surface area contributed by atoms with Crippen LogP contribution in [0, 0.1) is 13.8 Å². The van der Waals surface area contributed by atoms with Crippen LogP contribution < -0.4 is 0 Å². The van der Waals surface area contributed by atoms with Crippen LogP contribution in [-0.4, -0.2) is 33.2 Å². The molecule has 1 unspecified atom stereocenters. The van der Waals surface area contributed by atoms with Gasteiger partial charge in [0, 0.05) is 18.6 Å². The first-order chi connectivity index (χ1) is 10.6. The zero-order valence-corrected chi connectivity index (χ0v) is 13.9. The molecule has 2 fully saturated rings. The Bertz CT molecular complexity index is 664. The minimum Gasteiger partial charge on any atom is -0.440 e. The van der Waals surface area contributed by atoms with Gasteiger partial charge >= 0.3 is 0 Å². The molecule has 2 aliphatic rings. The maximum absolute atomic E-state index is 9.93. The van der Waals surface area contributed by atoms with E-state index in [1.165, 1.54) is 18.4 Å². The molecule has 118 valence electrons. The summed E-state index contributed by atoms with van der Waals surface area (Å²) in [6, 6.07) is 3.12. The van der Waals surface area contributed by atoms with Gasteiger partial charge in [-0.3, -0.25) is 4.90 Å². The molecular formula is C17H22N2O2S. The molecule has 2 bridgehead atoms. The molecule has 3 atom stereocenters. The number of thiophene rings is 1. The van der Waals surface area contributed by atoms with E-state index in [1.54, 1.807) is 11.3 Å². The normalized spacial score (nSPS) is 28.4. The Morgan fingerprint density at radius 1 is 1.32 bits per heavy atom. The highest BCUT2D eigenvalue weighted by Gasteiger charge is 2.40. The van der Waals surface area contributed by atoms with E-state index in [9.17, 15) is 5.11 Å². The van der Waals surface area contributed by atoms with E-state index in [1.807, 2.05) is 6.92 Å². The van der Waals surface area contributed by atoms with Gasteiger partial charge in [-0.05, 0) is 56.5 Å². The van der Waals surface area contributed by atoms with Gasteiger partial charge in [-0.2, -0.15) is 0 Å². The van der Waals surface area contributed by atoms with Crippen molar-refractivity contribution in [1.82, 2.24) is 9.88 Å². The molecule has 2 saturated heterocycles. The predicted molar refractivity (Wildman–Crippen MR) is 86.9 cm³/mol. The highest BCUT2D eigenvalue weighted by molar-refractivity contribution is 7.13. The molecule has 0 aromatic carbocycles. The summed E-state index contributed by atoms with van der Waals surface area (Å²) in [6.07, 6.45) is 4.11. The van der Waals surface area contributed by atoms with Crippen molar-refractivity contribution in [3.63, 3.8) is 0 Å². The summed E-state index contributed by atoms with van der Waals surface area (Å²) in [5.74, 6) is 1.68. The van der Waals surface area contributed by atoms with E-state index in [0.29, 0.717) is 12.1 Å². The highest BCUT2D eigenvalue weighted by Crippen LogP contribution is 2.37. The van der Waals surface area contributed by atoms with Gasteiger partial charge in [-0.25, -0.2) is 4.98 Å². The van der Waals surface area contributed by atoms with Gasteiger partial charge in [-0.15, -0.1) is 11.3 Å². The number of aryl methyl sites for hydroxylation is 2. The van der Waals surface area contributed by atoms with Crippen molar-refractivity contribution in [1.29, 1.82) is 0 Å². The lowest BCUT2D eigenvalue weighted by Crippen LogP contribution is -2.44. The minimum atomic E-state index is -0.114. The van der Waals surface area contributed by atoms with Crippen LogP contribution in [0.5, 0.6) is 0 Å². The summed E-state index contributed by atoms with van der Waals surface area (Å²) >= 11 is 1.68. The zero-order chi connectivity index (χ0) is 15.3. The number of rotatable bonds is 3. The van der Waals surface area contributed by atoms with Crippen molar-refractivity contribution in [2.24, 2.45) is 0 Å². The Hall–Kier alpha value is -1.17. The summed E-state index contributed by atoms with van der Waals surface area (Å²) in [6.45, 7) is 4.95. The largest absolute Gasteiger partial charge is 0.440 e. The fourth-order valence-electron chi connectivity index (χ4n) is 3.94. The standard InChI is InChI=1S/C17H22N2O2S/c1-10-5-6-22-16(10)17-18-15(11(2)21-17)9-19-12-3-4-13(19)8-14(20)7-12/h5-6,12-14,20H,3-4,7-9H2,1-2H3/t12-,13+,14?. The summed E-state index contributed by atoms with van der Waals surface area (Å²) in [4.78, 5) is 8.42. The zero-order valence-electron chi connectivity index (χ0n) is 13.1. The first-order valence-corrected chi connectivity index (χ1v) is 8.94. The van der Waals surface area contributed by atoms with Gasteiger partial charge in [0.1, 0.15) is 5.76 Å². The van der Waals surface area contributed by atoms with Crippen LogP contribution in [0.3, 0.4) is 0 Å². The van der Waals surface area contributed by atoms with Gasteiger partial charge in [0.2, 0.25) is 5.89 Å². The van der Waals surface area contributed by atoms with Gasteiger partial charge < -0.3 is 9.52 Å². The third-order valence-electron chi connectivity index (χ3n) is 5.14. The van der Waals surface area contributed by atoms with Crippen LogP contribution in [0.15, 0.2) is 15.9 Å². The first kappa shape index (κ1) is 14.4. The molecule has 4 heterocycles. The van der Waals surface area contributed by atoms with Crippen LogP contribution in [0.25, 0.3) is 10.8 Å². The van der Waals surface area contributed by atoms with E-state index in [4.69, 9.17) is 9.40 Å². The monoisotopic (exact) mass is 318 g/mol. The molecule has 0 saturated carbocycles. The second kappa shape index (κ2) is 5.48. The number of aliphatic hydroxyl groups is 1. The number of nitrogens with zero attached hydrogens (tertiary/aromatic N) is 2. The maximum Gasteiger partial charge on any atom is 0.237 e. The van der Waals surface area contributed by atoms with Crippen LogP contribution in [-0.2, 0) is 6.54 Å². The molecule has 0 amide bonds. The average Bonchev–Trinajstić information content (AvgIpc) is 3.10. The Balaban J connectivity index is 1.57. The van der Waals surface area contributed by atoms with Crippen molar-refractivity contribution in [3.05, 3.63) is 28.5 Å². The third-order valence-corrected chi connectivity index (χ3v) is 6.15. The Kier molecular flexibility index (Phi) is 3.59. The molecule has 0 aliphatic carbocycles. The molecule has 2 aliphatic heterocycles. The van der Waals surface area contributed by atoms with Crippen LogP contribution in [0.4, 0.5) is 0 Å². The van der Waals surface area contributed by atoms with Crippen LogP contribution in [0.2, 0.25) is 0 Å². The molecule has 4 rings (SSSR count). The molecule has 5 heteroatoms. The summed E-state index contributed by atoms with van der Waals surface area (Å²) in [5, 5.41) is 12.0. The molecule has 4 nitrogen and oxygen atoms in total. The van der Waals surface area contributed by atoms with E-state index in [-0.39, 0.29) is 6.10 Å². The summed E-state index contributed by atoms with van der Waals surface area (Å²) in [5.41, 5.74) is 2.27. The smallest absolute Gasteiger partial charge is 0.237 e. The van der Waals surface area contributed by atoms with E-state index >= 15 is 0 Å². The molecule has 0 radical (unpaired) electrons. The number of oxazole rings is 1. The molecule has 2 aromatic rings. The SMILES string of the molecule is Cc1ccsc1-c1nc(CN2[C@@H]3CC[C@H]2CC(O)C3)c(C)o1. The Morgan fingerprint density at radius 2 is 2.05 bits per heavy atom. The lowest BCUT2D eigenvalue weighted by Gasteiger charge is -2.36. The second-order valence-electron chi connectivity index (χ2n) is 6.64. The number of fused-ring (bicyclic) bond motifs is 2. The molecular weight excluding hydrogens is 296 g/mol. The Morgan fingerprint density at radius 3 is 2.68 bits per heavy atom. The summed E-state index contributed by atoms with van der Waals surface area (Å²) in [7, 11) is 0. The predicted octanol–water partition coefficient (Wildman–Crippen LogP) is 3.51. The van der Waals surface area contributed by atoms with Crippen LogP contribution in [0.1, 0.15) is 42.7 Å². The van der Waals surface area contributed by atoms with Gasteiger partial charge in [-0.1, -0.05) is 0 Å². The molecule has 2 aromatic heterocycles. The number of aromatic nitrogens is 1. The van der Waals surface area contributed by atoms with Crippen molar-refractivity contribution in [2.75, 3.05) is 0 Å². The van der Waals surface area contributed by atoms with Crippen molar-refractivity contribution in [3.8, 4) is 10.8 Å². The van der Waals surface area contributed by atoms with Crippen molar-refractivity contribution in [2.45, 2.75) is 64.3 Å². The first-order valence-electron chi connectivity index (χ1n) is 8.06. The van der Waals surface area contributed by atoms with E-state index in [2.05, 4.69) is 23.3 Å². The number of aliphatic hydroxyl groups excluding tert-OH is 1. The van der Waals surface area contributed by atoms with Crippen molar-refractivity contribution < 1.29 is 9.52 Å². The minimum absolute atomic E-state index is 0.114. The average molecular weight is 318 g/mol. The maximum atomic E-state index is 9.93. The van der Waals surface area contributed by atoms with Gasteiger partial charge in [0.25, 0.3) is 0 Å². The number of piperidine rings is 1. The highest BCUT2D eigenvalue weighted by atomic mass is 32.1. The Labute approximate surface area is 134 Å². The van der Waals surface area contributed by atoms with Crippen LogP contribution >= 0.6 is 11.3 Å². The molecule has 1 N–H and O–H groups in total. The lowest BCUT2D eigenvalue weighted by molar-refractivity contribution is 0.0302. The van der Waals surface area contributed by atoms with E-state index < -0.39 is 0 Å².